The van der Waals surface area contributed by atoms with Crippen LogP contribution in [0.3, 0.4) is 0 Å². The molecule has 0 radical (unpaired) electrons. The molecule has 0 amide bonds. The van der Waals surface area contributed by atoms with Crippen LogP contribution in [0.2, 0.25) is 0 Å². The normalized spacial score (nSPS) is 11.4. The predicted octanol–water partition coefficient (Wildman–Crippen LogP) is 3.44. The van der Waals surface area contributed by atoms with Crippen molar-refractivity contribution in [2.24, 2.45) is 0 Å². The summed E-state index contributed by atoms with van der Waals surface area (Å²) in [4.78, 5) is 0. The van der Waals surface area contributed by atoms with Crippen molar-refractivity contribution >= 4 is 7.80 Å². The largest absolute Gasteiger partial charge is 0.372 e. The molecule has 0 fully saturated rings. The standard InChI is InChI=1S/C12H18O2P/c1-2-9-15(13)10-8-14-11-12-6-4-3-5-7-12/h3-7H,2,8-11H2,1H3/q+1. The fraction of sp³-hybridized carbons (Fsp3) is 0.500. The minimum absolute atomic E-state index is 0.601. The molecule has 0 aliphatic heterocycles. The second kappa shape index (κ2) is 7.56. The zero-order chi connectivity index (χ0) is 10.9. The molecule has 1 unspecified atom stereocenters. The number of ether oxygens (including phenoxy) is 1. The Morgan fingerprint density at radius 2 is 1.93 bits per heavy atom. The van der Waals surface area contributed by atoms with E-state index in [4.69, 9.17) is 4.74 Å². The van der Waals surface area contributed by atoms with Gasteiger partial charge in [0, 0.05) is 0 Å². The Kier molecular flexibility index (Phi) is 6.22. The third-order valence-electron chi connectivity index (χ3n) is 2.07. The third-order valence-corrected chi connectivity index (χ3v) is 3.70. The van der Waals surface area contributed by atoms with Crippen LogP contribution in [0, 0.1) is 0 Å². The highest BCUT2D eigenvalue weighted by Gasteiger charge is 2.11. The molecule has 0 aliphatic carbocycles. The molecule has 0 saturated heterocycles. The molecule has 0 spiro atoms. The molecule has 1 rings (SSSR count). The van der Waals surface area contributed by atoms with Crippen LogP contribution in [-0.4, -0.2) is 18.9 Å². The summed E-state index contributed by atoms with van der Waals surface area (Å²) in [7, 11) is -1.04. The van der Waals surface area contributed by atoms with Crippen molar-refractivity contribution in [2.45, 2.75) is 20.0 Å². The van der Waals surface area contributed by atoms with Gasteiger partial charge in [-0.15, -0.1) is 0 Å². The lowest BCUT2D eigenvalue weighted by Crippen LogP contribution is -1.98. The van der Waals surface area contributed by atoms with Gasteiger partial charge in [-0.1, -0.05) is 41.8 Å². The molecule has 0 heterocycles. The van der Waals surface area contributed by atoms with Crippen LogP contribution in [0.5, 0.6) is 0 Å². The van der Waals surface area contributed by atoms with Crippen LogP contribution in [0.15, 0.2) is 30.3 Å². The van der Waals surface area contributed by atoms with Gasteiger partial charge in [-0.2, -0.15) is 0 Å². The first kappa shape index (κ1) is 12.4. The summed E-state index contributed by atoms with van der Waals surface area (Å²) in [6, 6.07) is 10.0. The zero-order valence-corrected chi connectivity index (χ0v) is 10.1. The van der Waals surface area contributed by atoms with Crippen LogP contribution in [0.1, 0.15) is 18.9 Å². The first-order valence-corrected chi connectivity index (χ1v) is 6.99. The van der Waals surface area contributed by atoms with E-state index in [0.717, 1.165) is 12.6 Å². The molecule has 0 aliphatic rings. The maximum absolute atomic E-state index is 11.3. The number of hydrogen-bond donors (Lipinski definition) is 0. The van der Waals surface area contributed by atoms with Crippen molar-refractivity contribution in [3.8, 4) is 0 Å². The molecule has 82 valence electrons. The maximum atomic E-state index is 11.3. The van der Waals surface area contributed by atoms with Gasteiger partial charge in [0.1, 0.15) is 6.16 Å². The van der Waals surface area contributed by atoms with Gasteiger partial charge in [0.2, 0.25) is 0 Å². The average Bonchev–Trinajstić information content (AvgIpc) is 2.26. The van der Waals surface area contributed by atoms with Gasteiger partial charge in [-0.3, -0.25) is 0 Å². The SMILES string of the molecule is CCC[P+](=O)CCOCc1ccccc1. The Morgan fingerprint density at radius 3 is 2.60 bits per heavy atom. The molecular weight excluding hydrogens is 207 g/mol. The molecule has 2 nitrogen and oxygen atoms in total. The Bertz CT molecular complexity index is 285. The van der Waals surface area contributed by atoms with E-state index in [1.807, 2.05) is 30.3 Å². The number of rotatable bonds is 7. The zero-order valence-electron chi connectivity index (χ0n) is 9.19. The van der Waals surface area contributed by atoms with Crippen molar-refractivity contribution in [3.05, 3.63) is 35.9 Å². The summed E-state index contributed by atoms with van der Waals surface area (Å²) in [5, 5.41) is 0. The smallest absolute Gasteiger partial charge is 0.341 e. The van der Waals surface area contributed by atoms with Crippen molar-refractivity contribution in [3.63, 3.8) is 0 Å². The third kappa shape index (κ3) is 5.66. The van der Waals surface area contributed by atoms with Crippen LogP contribution in [-0.2, 0) is 15.9 Å². The number of hydrogen-bond acceptors (Lipinski definition) is 2. The highest BCUT2D eigenvalue weighted by Crippen LogP contribution is 2.20. The topological polar surface area (TPSA) is 26.3 Å². The Morgan fingerprint density at radius 1 is 1.20 bits per heavy atom. The highest BCUT2D eigenvalue weighted by molar-refractivity contribution is 7.44. The van der Waals surface area contributed by atoms with E-state index in [1.54, 1.807) is 0 Å². The van der Waals surface area contributed by atoms with Gasteiger partial charge in [-0.05, 0) is 12.0 Å². The van der Waals surface area contributed by atoms with Crippen LogP contribution in [0.25, 0.3) is 0 Å². The minimum atomic E-state index is -1.04. The second-order valence-electron chi connectivity index (χ2n) is 3.47. The Hall–Kier alpha value is -0.720. The summed E-state index contributed by atoms with van der Waals surface area (Å²) in [6.45, 7) is 3.28. The molecule has 1 aromatic carbocycles. The van der Waals surface area contributed by atoms with Gasteiger partial charge in [0.05, 0.1) is 13.2 Å². The maximum Gasteiger partial charge on any atom is 0.341 e. The van der Waals surface area contributed by atoms with Gasteiger partial charge in [0.15, 0.2) is 6.16 Å². The fourth-order valence-electron chi connectivity index (χ4n) is 1.29. The van der Waals surface area contributed by atoms with Crippen LogP contribution < -0.4 is 0 Å². The lowest BCUT2D eigenvalue weighted by molar-refractivity contribution is 0.135. The summed E-state index contributed by atoms with van der Waals surface area (Å²) < 4.78 is 16.8. The lowest BCUT2D eigenvalue weighted by atomic mass is 10.2. The van der Waals surface area contributed by atoms with E-state index in [2.05, 4.69) is 6.92 Å². The molecule has 15 heavy (non-hydrogen) atoms. The molecule has 1 aromatic rings. The average molecular weight is 225 g/mol. The summed E-state index contributed by atoms with van der Waals surface area (Å²) in [5.41, 5.74) is 1.17. The van der Waals surface area contributed by atoms with Crippen molar-refractivity contribution in [1.82, 2.24) is 0 Å². The van der Waals surface area contributed by atoms with E-state index >= 15 is 0 Å². The Balaban J connectivity index is 2.10. The fourth-order valence-corrected chi connectivity index (χ4v) is 2.35. The van der Waals surface area contributed by atoms with Crippen molar-refractivity contribution in [1.29, 1.82) is 0 Å². The molecule has 0 bridgehead atoms. The van der Waals surface area contributed by atoms with Gasteiger partial charge in [-0.25, -0.2) is 0 Å². The molecule has 0 aromatic heterocycles. The van der Waals surface area contributed by atoms with Gasteiger partial charge in [0.25, 0.3) is 0 Å². The van der Waals surface area contributed by atoms with E-state index in [9.17, 15) is 4.57 Å². The van der Waals surface area contributed by atoms with Crippen LogP contribution >= 0.6 is 7.80 Å². The van der Waals surface area contributed by atoms with E-state index in [0.29, 0.717) is 19.4 Å². The summed E-state index contributed by atoms with van der Waals surface area (Å²) in [6.07, 6.45) is 2.51. The quantitative estimate of drug-likeness (QED) is 0.525. The van der Waals surface area contributed by atoms with E-state index < -0.39 is 7.80 Å². The first-order chi connectivity index (χ1) is 7.33. The molecule has 0 N–H and O–H groups in total. The molecular formula is C12H18O2P+. The first-order valence-electron chi connectivity index (χ1n) is 5.36. The van der Waals surface area contributed by atoms with Crippen LogP contribution in [0.4, 0.5) is 0 Å². The highest BCUT2D eigenvalue weighted by atomic mass is 31.1. The summed E-state index contributed by atoms with van der Waals surface area (Å²) >= 11 is 0. The van der Waals surface area contributed by atoms with Crippen molar-refractivity contribution in [2.75, 3.05) is 18.9 Å². The van der Waals surface area contributed by atoms with Gasteiger partial charge >= 0.3 is 7.80 Å². The number of benzene rings is 1. The molecule has 1 atom stereocenters. The summed E-state index contributed by atoms with van der Waals surface area (Å²) in [5.74, 6) is 0. The van der Waals surface area contributed by atoms with E-state index in [1.165, 1.54) is 5.56 Å². The minimum Gasteiger partial charge on any atom is -0.372 e. The lowest BCUT2D eigenvalue weighted by Gasteiger charge is -2.00. The molecule has 3 heteroatoms. The van der Waals surface area contributed by atoms with E-state index in [-0.39, 0.29) is 0 Å². The second-order valence-corrected chi connectivity index (χ2v) is 5.33. The Labute approximate surface area is 92.4 Å². The van der Waals surface area contributed by atoms with Crippen molar-refractivity contribution < 1.29 is 9.30 Å². The van der Waals surface area contributed by atoms with Gasteiger partial charge < -0.3 is 4.74 Å². The monoisotopic (exact) mass is 225 g/mol. The predicted molar refractivity (Wildman–Crippen MR) is 63.7 cm³/mol. The molecule has 0 saturated carbocycles.